The van der Waals surface area contributed by atoms with E-state index in [4.69, 9.17) is 4.74 Å². The fourth-order valence-corrected chi connectivity index (χ4v) is 3.18. The Kier molecular flexibility index (Phi) is 5.08. The second kappa shape index (κ2) is 6.64. The van der Waals surface area contributed by atoms with Crippen LogP contribution in [0.1, 0.15) is 70.4 Å². The van der Waals surface area contributed by atoms with Crippen molar-refractivity contribution in [2.75, 3.05) is 6.61 Å². The summed E-state index contributed by atoms with van der Waals surface area (Å²) in [5, 5.41) is 0. The van der Waals surface area contributed by atoms with Gasteiger partial charge in [0.1, 0.15) is 0 Å². The second-order valence-corrected chi connectivity index (χ2v) is 7.17. The van der Waals surface area contributed by atoms with E-state index in [1.54, 1.807) is 0 Å². The van der Waals surface area contributed by atoms with Gasteiger partial charge in [0.05, 0.1) is 12.5 Å². The van der Waals surface area contributed by atoms with Crippen LogP contribution in [0, 0.1) is 5.92 Å². The first-order valence-corrected chi connectivity index (χ1v) is 8.19. The summed E-state index contributed by atoms with van der Waals surface area (Å²) in [6, 6.07) is 9.06. The number of hydrogen-bond acceptors (Lipinski definition) is 2. The quantitative estimate of drug-likeness (QED) is 0.745. The first kappa shape index (κ1) is 16.1. The summed E-state index contributed by atoms with van der Waals surface area (Å²) < 4.78 is 5.14. The summed E-state index contributed by atoms with van der Waals surface area (Å²) in [4.78, 5) is 11.8. The van der Waals surface area contributed by atoms with E-state index in [0.29, 0.717) is 12.5 Å². The average Bonchev–Trinajstić information content (AvgIpc) is 2.47. The minimum atomic E-state index is -0.000898. The highest BCUT2D eigenvalue weighted by Gasteiger charge is 2.28. The van der Waals surface area contributed by atoms with Gasteiger partial charge in [-0.15, -0.1) is 0 Å². The van der Waals surface area contributed by atoms with Crippen molar-refractivity contribution in [1.82, 2.24) is 0 Å². The van der Waals surface area contributed by atoms with Crippen LogP contribution < -0.4 is 0 Å². The average molecular weight is 288 g/mol. The Balaban J connectivity index is 1.95. The van der Waals surface area contributed by atoms with Gasteiger partial charge in [-0.1, -0.05) is 45.0 Å². The molecule has 0 bridgehead atoms. The largest absolute Gasteiger partial charge is 0.466 e. The first-order chi connectivity index (χ1) is 9.91. The fourth-order valence-electron chi connectivity index (χ4n) is 3.18. The summed E-state index contributed by atoms with van der Waals surface area (Å²) >= 11 is 0. The molecule has 2 rings (SSSR count). The lowest BCUT2D eigenvalue weighted by Gasteiger charge is -2.28. The molecule has 0 spiro atoms. The summed E-state index contributed by atoms with van der Waals surface area (Å²) in [7, 11) is 0. The molecule has 2 heteroatoms. The van der Waals surface area contributed by atoms with Gasteiger partial charge in [-0.05, 0) is 55.1 Å². The Morgan fingerprint density at radius 1 is 1.10 bits per heavy atom. The Morgan fingerprint density at radius 3 is 2.14 bits per heavy atom. The molecule has 1 aliphatic carbocycles. The van der Waals surface area contributed by atoms with E-state index in [1.165, 1.54) is 11.1 Å². The standard InChI is InChI=1S/C19H28O2/c1-5-21-18(20)16-8-6-14(7-9-16)15-10-12-17(13-11-15)19(2,3)4/h10-14,16H,5-9H2,1-4H3. The van der Waals surface area contributed by atoms with Gasteiger partial charge in [0, 0.05) is 0 Å². The summed E-state index contributed by atoms with van der Waals surface area (Å²) in [5.41, 5.74) is 3.01. The molecule has 0 aromatic heterocycles. The molecule has 0 heterocycles. The zero-order valence-corrected chi connectivity index (χ0v) is 13.8. The lowest BCUT2D eigenvalue weighted by molar-refractivity contribution is -0.149. The molecule has 1 saturated carbocycles. The number of benzene rings is 1. The number of carbonyl (C=O) groups is 1. The van der Waals surface area contributed by atoms with Crippen molar-refractivity contribution in [3.05, 3.63) is 35.4 Å². The summed E-state index contributed by atoms with van der Waals surface area (Å²) in [5.74, 6) is 0.721. The van der Waals surface area contributed by atoms with E-state index >= 15 is 0 Å². The monoisotopic (exact) mass is 288 g/mol. The van der Waals surface area contributed by atoms with Crippen LogP contribution in [0.15, 0.2) is 24.3 Å². The molecule has 1 aromatic rings. The molecular formula is C19H28O2. The fraction of sp³-hybridized carbons (Fsp3) is 0.632. The van der Waals surface area contributed by atoms with Crippen LogP contribution in [-0.4, -0.2) is 12.6 Å². The van der Waals surface area contributed by atoms with Crippen molar-refractivity contribution in [2.45, 2.75) is 64.7 Å². The van der Waals surface area contributed by atoms with Gasteiger partial charge >= 0.3 is 5.97 Å². The summed E-state index contributed by atoms with van der Waals surface area (Å²) in [6.45, 7) is 9.10. The zero-order valence-electron chi connectivity index (χ0n) is 13.8. The number of rotatable bonds is 3. The van der Waals surface area contributed by atoms with Crippen LogP contribution in [0.3, 0.4) is 0 Å². The van der Waals surface area contributed by atoms with Gasteiger partial charge in [-0.3, -0.25) is 4.79 Å². The normalized spacial score (nSPS) is 22.9. The van der Waals surface area contributed by atoms with Crippen LogP contribution in [0.5, 0.6) is 0 Å². The predicted molar refractivity (Wildman–Crippen MR) is 86.5 cm³/mol. The Hall–Kier alpha value is -1.31. The van der Waals surface area contributed by atoms with Gasteiger partial charge in [0.15, 0.2) is 0 Å². The van der Waals surface area contributed by atoms with Crippen LogP contribution in [0.25, 0.3) is 0 Å². The molecular weight excluding hydrogens is 260 g/mol. The highest BCUT2D eigenvalue weighted by Crippen LogP contribution is 2.37. The molecule has 0 unspecified atom stereocenters. The van der Waals surface area contributed by atoms with E-state index in [0.717, 1.165) is 25.7 Å². The number of hydrogen-bond donors (Lipinski definition) is 0. The van der Waals surface area contributed by atoms with Gasteiger partial charge in [-0.2, -0.15) is 0 Å². The minimum absolute atomic E-state index is 0.000898. The highest BCUT2D eigenvalue weighted by atomic mass is 16.5. The van der Waals surface area contributed by atoms with Crippen molar-refractivity contribution in [1.29, 1.82) is 0 Å². The Labute approximate surface area is 128 Å². The van der Waals surface area contributed by atoms with Crippen molar-refractivity contribution in [3.63, 3.8) is 0 Å². The van der Waals surface area contributed by atoms with Crippen LogP contribution in [0.2, 0.25) is 0 Å². The maximum absolute atomic E-state index is 11.8. The van der Waals surface area contributed by atoms with Crippen molar-refractivity contribution >= 4 is 5.97 Å². The molecule has 2 nitrogen and oxygen atoms in total. The van der Waals surface area contributed by atoms with Gasteiger partial charge in [-0.25, -0.2) is 0 Å². The van der Waals surface area contributed by atoms with E-state index in [1.807, 2.05) is 6.92 Å². The minimum Gasteiger partial charge on any atom is -0.466 e. The third kappa shape index (κ3) is 4.09. The number of carbonyl (C=O) groups excluding carboxylic acids is 1. The smallest absolute Gasteiger partial charge is 0.308 e. The maximum Gasteiger partial charge on any atom is 0.308 e. The highest BCUT2D eigenvalue weighted by molar-refractivity contribution is 5.72. The number of esters is 1. The lowest BCUT2D eigenvalue weighted by Crippen LogP contribution is -2.23. The molecule has 0 atom stereocenters. The van der Waals surface area contributed by atoms with E-state index < -0.39 is 0 Å². The second-order valence-electron chi connectivity index (χ2n) is 7.17. The van der Waals surface area contributed by atoms with E-state index in [2.05, 4.69) is 45.0 Å². The Morgan fingerprint density at radius 2 is 1.67 bits per heavy atom. The third-order valence-corrected chi connectivity index (χ3v) is 4.60. The summed E-state index contributed by atoms with van der Waals surface area (Å²) in [6.07, 6.45) is 4.12. The molecule has 0 aliphatic heterocycles. The third-order valence-electron chi connectivity index (χ3n) is 4.60. The molecule has 21 heavy (non-hydrogen) atoms. The van der Waals surface area contributed by atoms with Crippen LogP contribution in [-0.2, 0) is 14.9 Å². The molecule has 1 fully saturated rings. The lowest BCUT2D eigenvalue weighted by atomic mass is 9.78. The van der Waals surface area contributed by atoms with Gasteiger partial charge < -0.3 is 4.74 Å². The number of ether oxygens (including phenoxy) is 1. The first-order valence-electron chi connectivity index (χ1n) is 8.19. The molecule has 1 aromatic carbocycles. The molecule has 0 N–H and O–H groups in total. The maximum atomic E-state index is 11.8. The molecule has 116 valence electrons. The van der Waals surface area contributed by atoms with Crippen LogP contribution >= 0.6 is 0 Å². The van der Waals surface area contributed by atoms with E-state index in [9.17, 15) is 4.79 Å². The van der Waals surface area contributed by atoms with Crippen LogP contribution in [0.4, 0.5) is 0 Å². The molecule has 0 amide bonds. The van der Waals surface area contributed by atoms with Gasteiger partial charge in [0.25, 0.3) is 0 Å². The molecule has 1 aliphatic rings. The van der Waals surface area contributed by atoms with E-state index in [-0.39, 0.29) is 17.3 Å². The molecule has 0 saturated heterocycles. The molecule has 0 radical (unpaired) electrons. The van der Waals surface area contributed by atoms with Crippen molar-refractivity contribution in [3.8, 4) is 0 Å². The predicted octanol–water partition coefficient (Wildman–Crippen LogP) is 4.82. The van der Waals surface area contributed by atoms with Crippen molar-refractivity contribution < 1.29 is 9.53 Å². The van der Waals surface area contributed by atoms with Crippen molar-refractivity contribution in [2.24, 2.45) is 5.92 Å². The SMILES string of the molecule is CCOC(=O)C1CCC(c2ccc(C(C)(C)C)cc2)CC1. The Bertz CT molecular complexity index is 459. The van der Waals surface area contributed by atoms with Gasteiger partial charge in [0.2, 0.25) is 0 Å². The zero-order chi connectivity index (χ0) is 15.5. The topological polar surface area (TPSA) is 26.3 Å².